The van der Waals surface area contributed by atoms with Crippen LogP contribution in [0.3, 0.4) is 0 Å². The van der Waals surface area contributed by atoms with Crippen LogP contribution >= 0.6 is 0 Å². The first-order valence-electron chi connectivity index (χ1n) is 10.3. The van der Waals surface area contributed by atoms with Gasteiger partial charge >= 0.3 is 0 Å². The Balaban J connectivity index is 1.63. The van der Waals surface area contributed by atoms with Crippen molar-refractivity contribution in [2.75, 3.05) is 0 Å². The number of nitrogens with zero attached hydrogens (tertiary/aromatic N) is 2. The largest absolute Gasteiger partial charge is 0.284 e. The summed E-state index contributed by atoms with van der Waals surface area (Å²) in [5.41, 5.74) is 9.14. The molecule has 4 rings (SSSR count). The van der Waals surface area contributed by atoms with Crippen LogP contribution in [0.4, 0.5) is 0 Å². The molecule has 0 spiro atoms. The lowest BCUT2D eigenvalue weighted by atomic mass is 10.1. The van der Waals surface area contributed by atoms with Crippen LogP contribution in [0, 0.1) is 27.7 Å². The Kier molecular flexibility index (Phi) is 5.40. The number of aromatic nitrogens is 3. The Morgan fingerprint density at radius 2 is 1.53 bits per heavy atom. The third-order valence-corrected chi connectivity index (χ3v) is 5.73. The SMILES string of the molecule is Cc1ccc(Cc2c(C)[nH]c[n+]2Cc2cc(=O)n(-c3ccc(C)cc3)cc2C)cc1. The number of pyridine rings is 1. The lowest BCUT2D eigenvalue weighted by Gasteiger charge is -2.11. The minimum Gasteiger partial charge on any atom is -0.284 e. The fraction of sp³-hybridized carbons (Fsp3) is 0.231. The summed E-state index contributed by atoms with van der Waals surface area (Å²) in [6.45, 7) is 8.99. The number of rotatable bonds is 5. The normalized spacial score (nSPS) is 11.1. The van der Waals surface area contributed by atoms with E-state index in [0.29, 0.717) is 6.54 Å². The molecule has 0 amide bonds. The number of nitrogens with one attached hydrogen (secondary N) is 1. The van der Waals surface area contributed by atoms with Crippen LogP contribution in [0.25, 0.3) is 5.69 Å². The smallest absolute Gasteiger partial charge is 0.255 e. The van der Waals surface area contributed by atoms with E-state index >= 15 is 0 Å². The van der Waals surface area contributed by atoms with Crippen molar-refractivity contribution in [2.45, 2.75) is 40.7 Å². The van der Waals surface area contributed by atoms with E-state index < -0.39 is 0 Å². The second-order valence-corrected chi connectivity index (χ2v) is 8.16. The number of imidazole rings is 1. The molecule has 0 radical (unpaired) electrons. The van der Waals surface area contributed by atoms with Gasteiger partial charge < -0.3 is 0 Å². The Hall–Kier alpha value is -3.40. The van der Waals surface area contributed by atoms with Gasteiger partial charge in [0.15, 0.2) is 0 Å². The maximum absolute atomic E-state index is 12.8. The van der Waals surface area contributed by atoms with Gasteiger partial charge in [-0.05, 0) is 44.0 Å². The topological polar surface area (TPSA) is 41.7 Å². The second kappa shape index (κ2) is 8.15. The van der Waals surface area contributed by atoms with E-state index in [1.807, 2.05) is 43.7 Å². The molecule has 0 fully saturated rings. The van der Waals surface area contributed by atoms with Gasteiger partial charge in [0.05, 0.1) is 0 Å². The molecule has 2 heterocycles. The first-order chi connectivity index (χ1) is 14.4. The summed E-state index contributed by atoms with van der Waals surface area (Å²) < 4.78 is 3.94. The number of benzene rings is 2. The predicted octanol–water partition coefficient (Wildman–Crippen LogP) is 4.33. The Labute approximate surface area is 177 Å². The molecule has 0 saturated heterocycles. The van der Waals surface area contributed by atoms with Crippen LogP contribution in [0.1, 0.15) is 39.2 Å². The highest BCUT2D eigenvalue weighted by atomic mass is 16.1. The fourth-order valence-corrected chi connectivity index (χ4v) is 3.76. The summed E-state index contributed by atoms with van der Waals surface area (Å²) in [5.74, 6) is 0. The van der Waals surface area contributed by atoms with E-state index in [4.69, 9.17) is 0 Å². The van der Waals surface area contributed by atoms with Crippen LogP contribution in [0.5, 0.6) is 0 Å². The summed E-state index contributed by atoms with van der Waals surface area (Å²) >= 11 is 0. The quantitative estimate of drug-likeness (QED) is 0.500. The number of H-pyrrole nitrogens is 1. The molecule has 1 N–H and O–H groups in total. The maximum Gasteiger partial charge on any atom is 0.255 e. The van der Waals surface area contributed by atoms with Gasteiger partial charge in [-0.1, -0.05) is 47.5 Å². The molecule has 2 aromatic carbocycles. The van der Waals surface area contributed by atoms with Gasteiger partial charge in [-0.25, -0.2) is 9.55 Å². The van der Waals surface area contributed by atoms with E-state index in [-0.39, 0.29) is 5.56 Å². The van der Waals surface area contributed by atoms with Gasteiger partial charge in [-0.2, -0.15) is 0 Å². The Bertz CT molecular complexity index is 1230. The van der Waals surface area contributed by atoms with Crippen LogP contribution in [-0.4, -0.2) is 9.55 Å². The van der Waals surface area contributed by atoms with E-state index in [1.54, 1.807) is 10.6 Å². The number of aryl methyl sites for hydroxylation is 4. The van der Waals surface area contributed by atoms with Crippen LogP contribution in [0.15, 0.2) is 71.9 Å². The van der Waals surface area contributed by atoms with Gasteiger partial charge in [0, 0.05) is 36.9 Å². The van der Waals surface area contributed by atoms with Gasteiger partial charge in [0.1, 0.15) is 17.9 Å². The van der Waals surface area contributed by atoms with Crippen molar-refractivity contribution in [3.8, 4) is 5.69 Å². The zero-order valence-corrected chi connectivity index (χ0v) is 18.1. The van der Waals surface area contributed by atoms with Gasteiger partial charge in [0.25, 0.3) is 5.56 Å². The van der Waals surface area contributed by atoms with E-state index in [0.717, 1.165) is 28.9 Å². The maximum atomic E-state index is 12.8. The first kappa shape index (κ1) is 19.9. The first-order valence-corrected chi connectivity index (χ1v) is 10.3. The third-order valence-electron chi connectivity index (χ3n) is 5.73. The highest BCUT2D eigenvalue weighted by Gasteiger charge is 2.17. The van der Waals surface area contributed by atoms with Crippen molar-refractivity contribution in [3.63, 3.8) is 0 Å². The van der Waals surface area contributed by atoms with Crippen molar-refractivity contribution in [2.24, 2.45) is 0 Å². The van der Waals surface area contributed by atoms with Crippen molar-refractivity contribution >= 4 is 0 Å². The van der Waals surface area contributed by atoms with Crippen LogP contribution < -0.4 is 10.1 Å². The summed E-state index contributed by atoms with van der Waals surface area (Å²) in [5, 5.41) is 0. The molecular weight excluding hydrogens is 370 g/mol. The molecule has 152 valence electrons. The molecule has 4 nitrogen and oxygen atoms in total. The molecule has 4 aromatic rings. The molecule has 30 heavy (non-hydrogen) atoms. The minimum atomic E-state index is -0.00704. The second-order valence-electron chi connectivity index (χ2n) is 8.16. The Morgan fingerprint density at radius 3 is 2.20 bits per heavy atom. The lowest BCUT2D eigenvalue weighted by molar-refractivity contribution is -0.694. The van der Waals surface area contributed by atoms with Crippen molar-refractivity contribution in [3.05, 3.63) is 117 Å². The molecule has 0 aliphatic rings. The number of hydrogen-bond acceptors (Lipinski definition) is 1. The van der Waals surface area contributed by atoms with E-state index in [9.17, 15) is 4.79 Å². The highest BCUT2D eigenvalue weighted by molar-refractivity contribution is 5.36. The van der Waals surface area contributed by atoms with Crippen molar-refractivity contribution in [1.29, 1.82) is 0 Å². The summed E-state index contributed by atoms with van der Waals surface area (Å²) in [6.07, 6.45) is 4.81. The molecule has 0 aliphatic carbocycles. The summed E-state index contributed by atoms with van der Waals surface area (Å²) in [7, 11) is 0. The molecule has 0 atom stereocenters. The lowest BCUT2D eigenvalue weighted by Crippen LogP contribution is -2.37. The minimum absolute atomic E-state index is 0.00704. The molecular formula is C26H28N3O+. The molecule has 0 bridgehead atoms. The zero-order chi connectivity index (χ0) is 21.3. The number of aromatic amines is 1. The number of hydrogen-bond donors (Lipinski definition) is 1. The van der Waals surface area contributed by atoms with Gasteiger partial charge in [-0.3, -0.25) is 9.36 Å². The zero-order valence-electron chi connectivity index (χ0n) is 18.1. The molecule has 0 unspecified atom stereocenters. The molecule has 0 aliphatic heterocycles. The van der Waals surface area contributed by atoms with Crippen molar-refractivity contribution in [1.82, 2.24) is 9.55 Å². The van der Waals surface area contributed by atoms with Crippen LogP contribution in [-0.2, 0) is 13.0 Å². The summed E-state index contributed by atoms with van der Waals surface area (Å²) in [6, 6.07) is 18.5. The fourth-order valence-electron chi connectivity index (χ4n) is 3.76. The van der Waals surface area contributed by atoms with E-state index in [1.165, 1.54) is 22.4 Å². The molecule has 0 saturated carbocycles. The van der Waals surface area contributed by atoms with Crippen molar-refractivity contribution < 1.29 is 4.57 Å². The van der Waals surface area contributed by atoms with Gasteiger partial charge in [-0.15, -0.1) is 0 Å². The van der Waals surface area contributed by atoms with Crippen LogP contribution in [0.2, 0.25) is 0 Å². The average molecular weight is 399 g/mol. The molecule has 2 aromatic heterocycles. The highest BCUT2D eigenvalue weighted by Crippen LogP contribution is 2.14. The van der Waals surface area contributed by atoms with Gasteiger partial charge in [0.2, 0.25) is 6.33 Å². The predicted molar refractivity (Wildman–Crippen MR) is 120 cm³/mol. The standard InChI is InChI=1S/C26H27N3O/c1-18-5-9-22(10-6-18)13-25-21(4)27-17-28(25)16-23-14-26(30)29(15-20(23)3)24-11-7-19(2)8-12-24/h5-12,14-15,17H,13,16H2,1-4H3/p+1. The third kappa shape index (κ3) is 4.13. The van der Waals surface area contributed by atoms with E-state index in [2.05, 4.69) is 54.6 Å². The average Bonchev–Trinajstić information content (AvgIpc) is 3.06. The summed E-state index contributed by atoms with van der Waals surface area (Å²) in [4.78, 5) is 16.2. The molecule has 4 heteroatoms. The Morgan fingerprint density at radius 1 is 0.900 bits per heavy atom. The monoisotopic (exact) mass is 398 g/mol.